The first-order valence-corrected chi connectivity index (χ1v) is 3.83. The Balaban J connectivity index is 2.72. The standard InChI is InChI=1S/C6H7NO3S/c1-10-5(8)4-7-2-3-11-6(7)9/h2-3H,4H2,1H3. The van der Waals surface area contributed by atoms with Gasteiger partial charge in [-0.15, -0.1) is 0 Å². The van der Waals surface area contributed by atoms with E-state index in [1.807, 2.05) is 0 Å². The number of thiazole rings is 1. The maximum Gasteiger partial charge on any atom is 0.325 e. The van der Waals surface area contributed by atoms with Crippen LogP contribution in [0.25, 0.3) is 0 Å². The minimum absolute atomic E-state index is 0.00116. The zero-order valence-electron chi connectivity index (χ0n) is 5.94. The van der Waals surface area contributed by atoms with E-state index in [9.17, 15) is 9.59 Å². The van der Waals surface area contributed by atoms with Crippen molar-refractivity contribution < 1.29 is 9.53 Å². The summed E-state index contributed by atoms with van der Waals surface area (Å²) in [6.45, 7) is -0.00116. The van der Waals surface area contributed by atoms with E-state index >= 15 is 0 Å². The number of methoxy groups -OCH3 is 1. The molecule has 0 aliphatic rings. The third kappa shape index (κ3) is 1.91. The van der Waals surface area contributed by atoms with Crippen LogP contribution in [0.5, 0.6) is 0 Å². The summed E-state index contributed by atoms with van der Waals surface area (Å²) in [6.07, 6.45) is 1.56. The second kappa shape index (κ2) is 3.34. The van der Waals surface area contributed by atoms with Crippen LogP contribution in [-0.2, 0) is 16.1 Å². The minimum atomic E-state index is -0.412. The van der Waals surface area contributed by atoms with Crippen LogP contribution in [0.2, 0.25) is 0 Å². The predicted molar refractivity (Wildman–Crippen MR) is 40.6 cm³/mol. The van der Waals surface area contributed by atoms with E-state index in [-0.39, 0.29) is 11.4 Å². The highest BCUT2D eigenvalue weighted by molar-refractivity contribution is 7.07. The molecule has 60 valence electrons. The van der Waals surface area contributed by atoms with Crippen LogP contribution in [0.1, 0.15) is 0 Å². The summed E-state index contributed by atoms with van der Waals surface area (Å²) in [7, 11) is 1.29. The number of rotatable bonds is 2. The molecule has 1 aromatic heterocycles. The summed E-state index contributed by atoms with van der Waals surface area (Å²) in [6, 6.07) is 0. The zero-order chi connectivity index (χ0) is 8.27. The molecule has 0 aliphatic heterocycles. The van der Waals surface area contributed by atoms with E-state index in [1.54, 1.807) is 11.6 Å². The molecule has 1 rings (SSSR count). The Morgan fingerprint density at radius 2 is 2.55 bits per heavy atom. The molecular formula is C6H7NO3S. The lowest BCUT2D eigenvalue weighted by Crippen LogP contribution is -2.19. The van der Waals surface area contributed by atoms with Crippen molar-refractivity contribution in [2.75, 3.05) is 7.11 Å². The lowest BCUT2D eigenvalue weighted by atomic mass is 10.6. The molecule has 4 nitrogen and oxygen atoms in total. The van der Waals surface area contributed by atoms with Gasteiger partial charge in [0, 0.05) is 11.6 Å². The normalized spacial score (nSPS) is 9.55. The monoisotopic (exact) mass is 173 g/mol. The molecule has 0 aromatic carbocycles. The number of esters is 1. The van der Waals surface area contributed by atoms with Crippen molar-refractivity contribution in [1.82, 2.24) is 4.57 Å². The van der Waals surface area contributed by atoms with Gasteiger partial charge in [0.2, 0.25) is 0 Å². The van der Waals surface area contributed by atoms with Crippen LogP contribution in [0, 0.1) is 0 Å². The summed E-state index contributed by atoms with van der Waals surface area (Å²) in [5.41, 5.74) is 0. The number of hydrogen-bond donors (Lipinski definition) is 0. The van der Waals surface area contributed by atoms with Crippen molar-refractivity contribution in [1.29, 1.82) is 0 Å². The van der Waals surface area contributed by atoms with E-state index in [0.29, 0.717) is 0 Å². The largest absolute Gasteiger partial charge is 0.468 e. The highest BCUT2D eigenvalue weighted by Gasteiger charge is 2.02. The molecule has 0 aliphatic carbocycles. The Kier molecular flexibility index (Phi) is 2.43. The molecule has 0 unspecified atom stereocenters. The molecule has 0 atom stereocenters. The smallest absolute Gasteiger partial charge is 0.325 e. The topological polar surface area (TPSA) is 48.3 Å². The quantitative estimate of drug-likeness (QED) is 0.595. The molecule has 11 heavy (non-hydrogen) atoms. The molecule has 5 heteroatoms. The Bertz CT molecular complexity index is 301. The Hall–Kier alpha value is -1.10. The third-order valence-corrected chi connectivity index (χ3v) is 1.87. The fourth-order valence-corrected chi connectivity index (χ4v) is 1.20. The molecule has 0 bridgehead atoms. The zero-order valence-corrected chi connectivity index (χ0v) is 6.76. The number of carbonyl (C=O) groups is 1. The van der Waals surface area contributed by atoms with Gasteiger partial charge < -0.3 is 4.74 Å². The lowest BCUT2D eigenvalue weighted by Gasteiger charge is -1.97. The fraction of sp³-hybridized carbons (Fsp3) is 0.333. The highest BCUT2D eigenvalue weighted by Crippen LogP contribution is 1.89. The van der Waals surface area contributed by atoms with Crippen molar-refractivity contribution in [2.45, 2.75) is 6.54 Å². The molecule has 0 amide bonds. The summed E-state index contributed by atoms with van der Waals surface area (Å²) in [5, 5.41) is 1.63. The molecular weight excluding hydrogens is 166 g/mol. The van der Waals surface area contributed by atoms with Crippen molar-refractivity contribution in [2.24, 2.45) is 0 Å². The summed E-state index contributed by atoms with van der Waals surface area (Å²) in [4.78, 5) is 21.4. The van der Waals surface area contributed by atoms with Gasteiger partial charge in [0.05, 0.1) is 7.11 Å². The van der Waals surface area contributed by atoms with Gasteiger partial charge in [-0.3, -0.25) is 14.2 Å². The van der Waals surface area contributed by atoms with Crippen molar-refractivity contribution in [3.8, 4) is 0 Å². The van der Waals surface area contributed by atoms with Gasteiger partial charge in [0.15, 0.2) is 0 Å². The molecule has 1 heterocycles. The third-order valence-electron chi connectivity index (χ3n) is 1.17. The van der Waals surface area contributed by atoms with Crippen LogP contribution >= 0.6 is 11.3 Å². The second-order valence-electron chi connectivity index (χ2n) is 1.87. The van der Waals surface area contributed by atoms with E-state index < -0.39 is 5.97 Å². The average molecular weight is 173 g/mol. The van der Waals surface area contributed by atoms with E-state index in [4.69, 9.17) is 0 Å². The van der Waals surface area contributed by atoms with E-state index in [2.05, 4.69) is 4.74 Å². The van der Waals surface area contributed by atoms with Gasteiger partial charge >= 0.3 is 10.8 Å². The molecule has 1 aromatic rings. The second-order valence-corrected chi connectivity index (χ2v) is 2.73. The van der Waals surface area contributed by atoms with Gasteiger partial charge in [-0.05, 0) is 0 Å². The first-order chi connectivity index (χ1) is 5.24. The number of aromatic nitrogens is 1. The fourth-order valence-electron chi connectivity index (χ4n) is 0.612. The summed E-state index contributed by atoms with van der Waals surface area (Å²) >= 11 is 1.06. The molecule has 0 saturated carbocycles. The first-order valence-electron chi connectivity index (χ1n) is 2.95. The Morgan fingerprint density at radius 3 is 3.00 bits per heavy atom. The van der Waals surface area contributed by atoms with Gasteiger partial charge in [-0.25, -0.2) is 0 Å². The summed E-state index contributed by atoms with van der Waals surface area (Å²) < 4.78 is 5.69. The maximum atomic E-state index is 10.8. The maximum absolute atomic E-state index is 10.8. The SMILES string of the molecule is COC(=O)Cn1ccsc1=O. The molecule has 0 radical (unpaired) electrons. The van der Waals surface area contributed by atoms with Gasteiger partial charge in [0.25, 0.3) is 0 Å². The molecule has 0 N–H and O–H groups in total. The first kappa shape index (κ1) is 8.00. The van der Waals surface area contributed by atoms with Crippen LogP contribution in [0.4, 0.5) is 0 Å². The molecule has 0 fully saturated rings. The van der Waals surface area contributed by atoms with Gasteiger partial charge in [-0.1, -0.05) is 11.3 Å². The summed E-state index contributed by atoms with van der Waals surface area (Å²) in [5.74, 6) is -0.412. The van der Waals surface area contributed by atoms with Crippen molar-refractivity contribution in [3.05, 3.63) is 21.2 Å². The average Bonchev–Trinajstić information content (AvgIpc) is 2.37. The minimum Gasteiger partial charge on any atom is -0.468 e. The Morgan fingerprint density at radius 1 is 1.82 bits per heavy atom. The number of carbonyl (C=O) groups excluding carboxylic acids is 1. The lowest BCUT2D eigenvalue weighted by molar-refractivity contribution is -0.141. The molecule has 0 spiro atoms. The van der Waals surface area contributed by atoms with Crippen LogP contribution < -0.4 is 4.87 Å². The highest BCUT2D eigenvalue weighted by atomic mass is 32.1. The van der Waals surface area contributed by atoms with Gasteiger partial charge in [0.1, 0.15) is 6.54 Å². The predicted octanol–water partition coefficient (Wildman–Crippen LogP) is 0.0828. The van der Waals surface area contributed by atoms with Gasteiger partial charge in [-0.2, -0.15) is 0 Å². The van der Waals surface area contributed by atoms with E-state index in [1.165, 1.54) is 11.7 Å². The number of nitrogens with zero attached hydrogens (tertiary/aromatic N) is 1. The van der Waals surface area contributed by atoms with Crippen LogP contribution in [0.15, 0.2) is 16.4 Å². The van der Waals surface area contributed by atoms with Crippen molar-refractivity contribution in [3.63, 3.8) is 0 Å². The molecule has 0 saturated heterocycles. The van der Waals surface area contributed by atoms with Crippen LogP contribution in [-0.4, -0.2) is 17.6 Å². The Labute approximate surface area is 67.0 Å². The number of hydrogen-bond acceptors (Lipinski definition) is 4. The van der Waals surface area contributed by atoms with Crippen molar-refractivity contribution >= 4 is 17.3 Å². The van der Waals surface area contributed by atoms with Crippen LogP contribution in [0.3, 0.4) is 0 Å². The van der Waals surface area contributed by atoms with E-state index in [0.717, 1.165) is 11.3 Å². The number of ether oxygens (including phenoxy) is 1.